The van der Waals surface area contributed by atoms with E-state index in [4.69, 9.17) is 4.74 Å². The molecule has 0 aliphatic carbocycles. The average molecular weight is 296 g/mol. The fraction of sp³-hybridized carbons (Fsp3) is 0. The molecule has 0 aliphatic rings. The maximum absolute atomic E-state index is 10.8. The van der Waals surface area contributed by atoms with Crippen molar-refractivity contribution < 1.29 is 9.66 Å². The molecule has 0 unspecified atom stereocenters. The molecule has 2 aromatic rings. The van der Waals surface area contributed by atoms with E-state index in [2.05, 4.69) is 25.9 Å². The average Bonchev–Trinajstić information content (AvgIpc) is 2.30. The van der Waals surface area contributed by atoms with Crippen molar-refractivity contribution in [2.45, 2.75) is 0 Å². The third-order valence-electron chi connectivity index (χ3n) is 1.86. The van der Waals surface area contributed by atoms with Crippen LogP contribution in [0.2, 0.25) is 0 Å². The lowest BCUT2D eigenvalue weighted by molar-refractivity contribution is -0.386. The van der Waals surface area contributed by atoms with E-state index in [0.717, 1.165) is 6.20 Å². The first-order valence-corrected chi connectivity index (χ1v) is 5.36. The maximum Gasteiger partial charge on any atom is 0.349 e. The van der Waals surface area contributed by atoms with Gasteiger partial charge in [0.2, 0.25) is 0 Å². The molecule has 0 saturated heterocycles. The summed E-state index contributed by atoms with van der Waals surface area (Å²) in [5, 5.41) is 10.8. The van der Waals surface area contributed by atoms with Crippen molar-refractivity contribution in [2.75, 3.05) is 0 Å². The largest absolute Gasteiger partial charge is 0.434 e. The van der Waals surface area contributed by atoms with E-state index in [9.17, 15) is 10.1 Å². The van der Waals surface area contributed by atoms with E-state index < -0.39 is 4.92 Å². The summed E-state index contributed by atoms with van der Waals surface area (Å²) >= 11 is 3.03. The molecular weight excluding hydrogens is 290 g/mol. The van der Waals surface area contributed by atoms with Gasteiger partial charge in [-0.25, -0.2) is 4.98 Å². The second-order valence-electron chi connectivity index (χ2n) is 3.00. The topological polar surface area (TPSA) is 78.2 Å². The number of benzene rings is 1. The maximum atomic E-state index is 10.8. The fourth-order valence-corrected chi connectivity index (χ4v) is 1.40. The Morgan fingerprint density at radius 3 is 2.65 bits per heavy atom. The van der Waals surface area contributed by atoms with Crippen LogP contribution in [0.5, 0.6) is 11.6 Å². The highest BCUT2D eigenvalue weighted by atomic mass is 79.9. The van der Waals surface area contributed by atoms with Gasteiger partial charge in [-0.15, -0.1) is 0 Å². The first kappa shape index (κ1) is 11.5. The zero-order chi connectivity index (χ0) is 12.3. The fourth-order valence-electron chi connectivity index (χ4n) is 1.14. The summed E-state index contributed by atoms with van der Waals surface area (Å²) in [6, 6.07) is 8.70. The van der Waals surface area contributed by atoms with Crippen LogP contribution in [0.3, 0.4) is 0 Å². The number of hydrogen-bond donors (Lipinski definition) is 0. The first-order chi connectivity index (χ1) is 8.16. The minimum atomic E-state index is -0.593. The van der Waals surface area contributed by atoms with Gasteiger partial charge >= 0.3 is 11.6 Å². The highest BCUT2D eigenvalue weighted by Gasteiger charge is 2.18. The molecule has 86 valence electrons. The monoisotopic (exact) mass is 295 g/mol. The highest BCUT2D eigenvalue weighted by molar-refractivity contribution is 9.10. The second-order valence-corrected chi connectivity index (χ2v) is 3.71. The molecule has 0 N–H and O–H groups in total. The molecule has 1 heterocycles. The summed E-state index contributed by atoms with van der Waals surface area (Å²) < 4.78 is 5.56. The van der Waals surface area contributed by atoms with E-state index in [-0.39, 0.29) is 16.3 Å². The van der Waals surface area contributed by atoms with Crippen LogP contribution in [-0.4, -0.2) is 14.9 Å². The lowest BCUT2D eigenvalue weighted by atomic mass is 10.3. The molecule has 0 atom stereocenters. The third-order valence-corrected chi connectivity index (χ3v) is 2.24. The third kappa shape index (κ3) is 2.76. The predicted molar refractivity (Wildman–Crippen MR) is 62.9 cm³/mol. The molecule has 1 aromatic carbocycles. The number of ether oxygens (including phenoxy) is 1. The first-order valence-electron chi connectivity index (χ1n) is 4.56. The van der Waals surface area contributed by atoms with Crippen molar-refractivity contribution in [3.63, 3.8) is 0 Å². The predicted octanol–water partition coefficient (Wildman–Crippen LogP) is 2.94. The number of rotatable bonds is 3. The molecule has 0 saturated carbocycles. The van der Waals surface area contributed by atoms with Crippen LogP contribution in [0.1, 0.15) is 0 Å². The van der Waals surface area contributed by atoms with Crippen LogP contribution in [0, 0.1) is 10.1 Å². The number of nitro groups is 1. The minimum absolute atomic E-state index is 0.0944. The molecule has 2 rings (SSSR count). The zero-order valence-electron chi connectivity index (χ0n) is 8.41. The van der Waals surface area contributed by atoms with Gasteiger partial charge in [0.1, 0.15) is 11.9 Å². The molecular formula is C10H6BrN3O3. The Morgan fingerprint density at radius 2 is 2.00 bits per heavy atom. The second kappa shape index (κ2) is 4.88. The van der Waals surface area contributed by atoms with Crippen molar-refractivity contribution in [1.29, 1.82) is 0 Å². The van der Waals surface area contributed by atoms with Crippen LogP contribution in [-0.2, 0) is 0 Å². The Morgan fingerprint density at radius 1 is 1.29 bits per heavy atom. The van der Waals surface area contributed by atoms with Crippen molar-refractivity contribution in [3.8, 4) is 11.6 Å². The Balaban J connectivity index is 2.37. The summed E-state index contributed by atoms with van der Waals surface area (Å²) in [6.45, 7) is 0. The van der Waals surface area contributed by atoms with Crippen LogP contribution >= 0.6 is 15.9 Å². The minimum Gasteiger partial charge on any atom is -0.434 e. The van der Waals surface area contributed by atoms with Gasteiger partial charge in [-0.2, -0.15) is 4.98 Å². The number of nitrogens with zero attached hydrogens (tertiary/aromatic N) is 3. The Labute approximate surface area is 105 Å². The number of aromatic nitrogens is 2. The SMILES string of the molecule is O=[N+]([O-])c1cnc(Br)nc1Oc1ccccc1. The molecule has 7 heteroatoms. The molecule has 0 aliphatic heterocycles. The Hall–Kier alpha value is -2.02. The Bertz CT molecular complexity index is 548. The van der Waals surface area contributed by atoms with Gasteiger partial charge in [0.25, 0.3) is 0 Å². The Kier molecular flexibility index (Phi) is 3.29. The van der Waals surface area contributed by atoms with Crippen LogP contribution in [0.25, 0.3) is 0 Å². The van der Waals surface area contributed by atoms with E-state index in [0.29, 0.717) is 5.75 Å². The highest BCUT2D eigenvalue weighted by Crippen LogP contribution is 2.29. The zero-order valence-corrected chi connectivity index (χ0v) is 9.99. The van der Waals surface area contributed by atoms with E-state index in [1.54, 1.807) is 24.3 Å². The number of halogens is 1. The summed E-state index contributed by atoms with van der Waals surface area (Å²) in [4.78, 5) is 17.7. The van der Waals surface area contributed by atoms with Crippen LogP contribution in [0.4, 0.5) is 5.69 Å². The van der Waals surface area contributed by atoms with Gasteiger partial charge in [0, 0.05) is 0 Å². The van der Waals surface area contributed by atoms with Crippen molar-refractivity contribution in [2.24, 2.45) is 0 Å². The van der Waals surface area contributed by atoms with E-state index >= 15 is 0 Å². The van der Waals surface area contributed by atoms with E-state index in [1.807, 2.05) is 6.07 Å². The van der Waals surface area contributed by atoms with Gasteiger partial charge in [0.05, 0.1) is 4.92 Å². The van der Waals surface area contributed by atoms with Gasteiger partial charge in [0.15, 0.2) is 4.73 Å². The summed E-state index contributed by atoms with van der Waals surface area (Å²) in [6.07, 6.45) is 1.09. The van der Waals surface area contributed by atoms with Gasteiger partial charge in [-0.05, 0) is 28.1 Å². The number of para-hydroxylation sites is 1. The quantitative estimate of drug-likeness (QED) is 0.494. The normalized spacial score (nSPS) is 9.94. The van der Waals surface area contributed by atoms with Crippen molar-refractivity contribution in [3.05, 3.63) is 51.4 Å². The lowest BCUT2D eigenvalue weighted by Crippen LogP contribution is -1.97. The molecule has 0 radical (unpaired) electrons. The van der Waals surface area contributed by atoms with Crippen LogP contribution < -0.4 is 4.74 Å². The molecule has 1 aromatic heterocycles. The van der Waals surface area contributed by atoms with Crippen LogP contribution in [0.15, 0.2) is 41.3 Å². The smallest absolute Gasteiger partial charge is 0.349 e. The van der Waals surface area contributed by atoms with Gasteiger partial charge < -0.3 is 4.74 Å². The summed E-state index contributed by atoms with van der Waals surface area (Å²) in [5.74, 6) is 0.379. The van der Waals surface area contributed by atoms with Gasteiger partial charge in [-0.1, -0.05) is 18.2 Å². The molecule has 0 amide bonds. The van der Waals surface area contributed by atoms with Gasteiger partial charge in [-0.3, -0.25) is 10.1 Å². The molecule has 0 fully saturated rings. The summed E-state index contributed by atoms with van der Waals surface area (Å²) in [7, 11) is 0. The standard InChI is InChI=1S/C10H6BrN3O3/c11-10-12-6-8(14(15)16)9(13-10)17-7-4-2-1-3-5-7/h1-6H. The molecule has 0 spiro atoms. The lowest BCUT2D eigenvalue weighted by Gasteiger charge is -2.04. The molecule has 17 heavy (non-hydrogen) atoms. The van der Waals surface area contributed by atoms with Crippen molar-refractivity contribution in [1.82, 2.24) is 9.97 Å². The number of hydrogen-bond acceptors (Lipinski definition) is 5. The van der Waals surface area contributed by atoms with Crippen molar-refractivity contribution >= 4 is 21.6 Å². The summed E-state index contributed by atoms with van der Waals surface area (Å²) in [5.41, 5.74) is -0.281. The molecule has 6 nitrogen and oxygen atoms in total. The molecule has 0 bridgehead atoms. The van der Waals surface area contributed by atoms with E-state index in [1.165, 1.54) is 0 Å².